The van der Waals surface area contributed by atoms with Crippen LogP contribution in [0, 0.1) is 0 Å². The van der Waals surface area contributed by atoms with Gasteiger partial charge < -0.3 is 9.84 Å². The number of carboxylic acids is 1. The first-order valence-electron chi connectivity index (χ1n) is 5.84. The van der Waals surface area contributed by atoms with Crippen LogP contribution >= 0.6 is 15.9 Å². The van der Waals surface area contributed by atoms with Gasteiger partial charge in [0.1, 0.15) is 5.75 Å². The van der Waals surface area contributed by atoms with Crippen molar-refractivity contribution in [3.05, 3.63) is 28.2 Å². The standard InChI is InChI=1S/C13H18BrNO3/c1-3-6-18-12-5-4-11(14)7-10(12)8-15(2)9-13(16)17/h4-5,7H,3,6,8-9H2,1-2H3,(H,16,17). The lowest BCUT2D eigenvalue weighted by Gasteiger charge is -2.17. The highest BCUT2D eigenvalue weighted by molar-refractivity contribution is 9.10. The molecule has 100 valence electrons. The number of ether oxygens (including phenoxy) is 1. The zero-order valence-corrected chi connectivity index (χ0v) is 12.2. The van der Waals surface area contributed by atoms with Gasteiger partial charge in [0.25, 0.3) is 0 Å². The molecule has 5 heteroatoms. The number of halogens is 1. The average Bonchev–Trinajstić information content (AvgIpc) is 2.26. The third kappa shape index (κ3) is 5.06. The smallest absolute Gasteiger partial charge is 0.317 e. The molecule has 0 saturated carbocycles. The third-order valence-corrected chi connectivity index (χ3v) is 2.82. The molecule has 0 fully saturated rings. The van der Waals surface area contributed by atoms with Gasteiger partial charge in [-0.15, -0.1) is 0 Å². The molecule has 4 nitrogen and oxygen atoms in total. The maximum absolute atomic E-state index is 10.6. The van der Waals surface area contributed by atoms with E-state index in [-0.39, 0.29) is 6.54 Å². The highest BCUT2D eigenvalue weighted by atomic mass is 79.9. The van der Waals surface area contributed by atoms with Gasteiger partial charge in [0.15, 0.2) is 0 Å². The average molecular weight is 316 g/mol. The molecule has 0 aliphatic heterocycles. The van der Waals surface area contributed by atoms with E-state index in [1.54, 1.807) is 11.9 Å². The molecule has 0 saturated heterocycles. The molecular weight excluding hydrogens is 298 g/mol. The quantitative estimate of drug-likeness (QED) is 0.840. The summed E-state index contributed by atoms with van der Waals surface area (Å²) < 4.78 is 6.62. The Morgan fingerprint density at radius 3 is 2.83 bits per heavy atom. The topological polar surface area (TPSA) is 49.8 Å². The van der Waals surface area contributed by atoms with Gasteiger partial charge in [0, 0.05) is 16.6 Å². The van der Waals surface area contributed by atoms with Crippen LogP contribution in [0.1, 0.15) is 18.9 Å². The van der Waals surface area contributed by atoms with Crippen LogP contribution in [-0.4, -0.2) is 36.2 Å². The van der Waals surface area contributed by atoms with E-state index in [1.807, 2.05) is 18.2 Å². The lowest BCUT2D eigenvalue weighted by molar-refractivity contribution is -0.138. The summed E-state index contributed by atoms with van der Waals surface area (Å²) in [5.74, 6) is -0.0131. The molecule has 0 bridgehead atoms. The highest BCUT2D eigenvalue weighted by Crippen LogP contribution is 2.24. The third-order valence-electron chi connectivity index (χ3n) is 2.33. The van der Waals surface area contributed by atoms with E-state index in [9.17, 15) is 4.79 Å². The summed E-state index contributed by atoms with van der Waals surface area (Å²) in [7, 11) is 1.78. The van der Waals surface area contributed by atoms with Crippen LogP contribution in [0.15, 0.2) is 22.7 Å². The molecule has 0 radical (unpaired) electrons. The first-order valence-corrected chi connectivity index (χ1v) is 6.63. The number of likely N-dealkylation sites (N-methyl/N-ethyl adjacent to an activating group) is 1. The molecule has 0 aliphatic carbocycles. The summed E-state index contributed by atoms with van der Waals surface area (Å²) >= 11 is 3.41. The second kappa shape index (κ2) is 7.38. The summed E-state index contributed by atoms with van der Waals surface area (Å²) in [5, 5.41) is 8.75. The fourth-order valence-electron chi connectivity index (χ4n) is 1.60. The van der Waals surface area contributed by atoms with Crippen LogP contribution in [0.3, 0.4) is 0 Å². The van der Waals surface area contributed by atoms with E-state index >= 15 is 0 Å². The molecule has 0 heterocycles. The van der Waals surface area contributed by atoms with Crippen molar-refractivity contribution in [2.75, 3.05) is 20.2 Å². The Morgan fingerprint density at radius 2 is 2.22 bits per heavy atom. The van der Waals surface area contributed by atoms with Crippen molar-refractivity contribution in [1.82, 2.24) is 4.90 Å². The Bertz CT molecular complexity index is 409. The van der Waals surface area contributed by atoms with Crippen molar-refractivity contribution in [2.45, 2.75) is 19.9 Å². The molecule has 0 atom stereocenters. The van der Waals surface area contributed by atoms with Crippen LogP contribution in [0.2, 0.25) is 0 Å². The number of benzene rings is 1. The number of carboxylic acid groups (broad SMARTS) is 1. The first kappa shape index (κ1) is 15.0. The van der Waals surface area contributed by atoms with Gasteiger partial charge >= 0.3 is 5.97 Å². The Hall–Kier alpha value is -1.07. The molecule has 18 heavy (non-hydrogen) atoms. The Labute approximate surface area is 116 Å². The summed E-state index contributed by atoms with van der Waals surface area (Å²) in [6.45, 7) is 3.27. The minimum atomic E-state index is -0.830. The highest BCUT2D eigenvalue weighted by Gasteiger charge is 2.10. The van der Waals surface area contributed by atoms with E-state index in [1.165, 1.54) is 0 Å². The molecule has 0 unspecified atom stereocenters. The Morgan fingerprint density at radius 1 is 1.50 bits per heavy atom. The fraction of sp³-hybridized carbons (Fsp3) is 0.462. The SMILES string of the molecule is CCCOc1ccc(Br)cc1CN(C)CC(=O)O. The summed E-state index contributed by atoms with van der Waals surface area (Å²) in [4.78, 5) is 12.4. The normalized spacial score (nSPS) is 10.7. The Kier molecular flexibility index (Phi) is 6.15. The number of rotatable bonds is 7. The van der Waals surface area contributed by atoms with E-state index in [4.69, 9.17) is 9.84 Å². The predicted molar refractivity (Wildman–Crippen MR) is 73.9 cm³/mol. The van der Waals surface area contributed by atoms with Gasteiger partial charge in [-0.2, -0.15) is 0 Å². The fourth-order valence-corrected chi connectivity index (χ4v) is 2.01. The number of hydrogen-bond donors (Lipinski definition) is 1. The maximum Gasteiger partial charge on any atom is 0.317 e. The molecule has 1 rings (SSSR count). The second-order valence-corrected chi connectivity index (χ2v) is 5.08. The lowest BCUT2D eigenvalue weighted by Crippen LogP contribution is -2.25. The van der Waals surface area contributed by atoms with Crippen molar-refractivity contribution in [3.63, 3.8) is 0 Å². The summed E-state index contributed by atoms with van der Waals surface area (Å²) in [6, 6.07) is 5.79. The largest absolute Gasteiger partial charge is 0.493 e. The predicted octanol–water partition coefficient (Wildman–Crippen LogP) is 2.75. The monoisotopic (exact) mass is 315 g/mol. The van der Waals surface area contributed by atoms with Gasteiger partial charge in [-0.05, 0) is 31.7 Å². The molecule has 0 aromatic heterocycles. The van der Waals surface area contributed by atoms with E-state index in [2.05, 4.69) is 22.9 Å². The van der Waals surface area contributed by atoms with Crippen molar-refractivity contribution in [1.29, 1.82) is 0 Å². The molecule has 0 amide bonds. The van der Waals surface area contributed by atoms with E-state index in [0.29, 0.717) is 13.2 Å². The molecular formula is C13H18BrNO3. The van der Waals surface area contributed by atoms with Gasteiger partial charge in [0.05, 0.1) is 13.2 Å². The van der Waals surface area contributed by atoms with Crippen LogP contribution in [0.4, 0.5) is 0 Å². The zero-order chi connectivity index (χ0) is 13.5. The van der Waals surface area contributed by atoms with Crippen LogP contribution in [-0.2, 0) is 11.3 Å². The first-order chi connectivity index (χ1) is 8.52. The number of nitrogens with zero attached hydrogens (tertiary/aromatic N) is 1. The van der Waals surface area contributed by atoms with Crippen molar-refractivity contribution >= 4 is 21.9 Å². The van der Waals surface area contributed by atoms with Crippen molar-refractivity contribution in [3.8, 4) is 5.75 Å². The molecule has 0 aliphatic rings. The summed E-state index contributed by atoms with van der Waals surface area (Å²) in [5.41, 5.74) is 0.988. The van der Waals surface area contributed by atoms with E-state index < -0.39 is 5.97 Å². The number of hydrogen-bond acceptors (Lipinski definition) is 3. The van der Waals surface area contributed by atoms with Gasteiger partial charge in [0.2, 0.25) is 0 Å². The van der Waals surface area contributed by atoms with Crippen LogP contribution < -0.4 is 4.74 Å². The minimum Gasteiger partial charge on any atom is -0.493 e. The van der Waals surface area contributed by atoms with Crippen molar-refractivity contribution < 1.29 is 14.6 Å². The second-order valence-electron chi connectivity index (χ2n) is 4.17. The van der Waals surface area contributed by atoms with Crippen molar-refractivity contribution in [2.24, 2.45) is 0 Å². The molecule has 1 N–H and O–H groups in total. The number of aliphatic carboxylic acids is 1. The number of carbonyl (C=O) groups is 1. The lowest BCUT2D eigenvalue weighted by atomic mass is 10.2. The summed E-state index contributed by atoms with van der Waals surface area (Å²) in [6.07, 6.45) is 0.945. The minimum absolute atomic E-state index is 0.0136. The van der Waals surface area contributed by atoms with E-state index in [0.717, 1.165) is 22.2 Å². The van der Waals surface area contributed by atoms with Gasteiger partial charge in [-0.3, -0.25) is 9.69 Å². The van der Waals surface area contributed by atoms with Gasteiger partial charge in [-0.1, -0.05) is 22.9 Å². The molecule has 1 aromatic rings. The molecule has 0 spiro atoms. The molecule has 1 aromatic carbocycles. The Balaban J connectivity index is 2.77. The van der Waals surface area contributed by atoms with Crippen LogP contribution in [0.25, 0.3) is 0 Å². The van der Waals surface area contributed by atoms with Crippen LogP contribution in [0.5, 0.6) is 5.75 Å². The maximum atomic E-state index is 10.6. The van der Waals surface area contributed by atoms with Gasteiger partial charge in [-0.25, -0.2) is 0 Å². The zero-order valence-electron chi connectivity index (χ0n) is 10.6.